The number of fused-ring (bicyclic) bond motifs is 11. The SMILES string of the molecule is O=C1N[C@@H](Cc2ccccc2Cl)C(=O)N2[C@H]3Nc4ccccc4[C@@]3([C@]34C[C@H]5C(=O)N[C@@H](Cc6ccccc6Cl)C(=O)N5[C@H]3Nc3ccccc34)C[C@@H]12. The number of carbonyl (C=O) groups is 4. The Balaban J connectivity index is 1.12. The van der Waals surface area contributed by atoms with Crippen LogP contribution in [-0.2, 0) is 42.8 Å². The number of hydrogen-bond donors (Lipinski definition) is 4. The zero-order valence-corrected chi connectivity index (χ0v) is 29.3. The predicted molar refractivity (Wildman–Crippen MR) is 196 cm³/mol. The minimum atomic E-state index is -0.916. The third-order valence-electron chi connectivity index (χ3n) is 12.5. The Labute approximate surface area is 309 Å². The summed E-state index contributed by atoms with van der Waals surface area (Å²) in [5, 5.41) is 14.5. The topological polar surface area (TPSA) is 123 Å². The number of piperazine rings is 2. The summed E-state index contributed by atoms with van der Waals surface area (Å²) in [7, 11) is 0. The molecule has 0 bridgehead atoms. The van der Waals surface area contributed by atoms with Gasteiger partial charge in [0.1, 0.15) is 36.5 Å². The molecule has 0 radical (unpaired) electrons. The predicted octanol–water partition coefficient (Wildman–Crippen LogP) is 4.36. The van der Waals surface area contributed by atoms with Gasteiger partial charge in [0.25, 0.3) is 0 Å². The van der Waals surface area contributed by atoms with Crippen molar-refractivity contribution in [3.63, 3.8) is 0 Å². The fourth-order valence-corrected chi connectivity index (χ4v) is 10.9. The number of hydrogen-bond acceptors (Lipinski definition) is 6. The number of benzene rings is 4. The average Bonchev–Trinajstić information content (AvgIpc) is 3.86. The molecule has 10 nitrogen and oxygen atoms in total. The molecule has 4 amide bonds. The van der Waals surface area contributed by atoms with E-state index in [0.29, 0.717) is 22.9 Å². The molecule has 0 aromatic heterocycles. The molecule has 0 spiro atoms. The van der Waals surface area contributed by atoms with E-state index < -0.39 is 47.3 Å². The van der Waals surface area contributed by atoms with Crippen LogP contribution in [0.4, 0.5) is 11.4 Å². The summed E-state index contributed by atoms with van der Waals surface area (Å²) in [6.07, 6.45) is -0.202. The summed E-state index contributed by atoms with van der Waals surface area (Å²) >= 11 is 13.0. The van der Waals surface area contributed by atoms with Crippen LogP contribution in [0.15, 0.2) is 97.1 Å². The summed E-state index contributed by atoms with van der Waals surface area (Å²) in [6, 6.07) is 27.5. The fourth-order valence-electron chi connectivity index (χ4n) is 10.5. The van der Waals surface area contributed by atoms with E-state index >= 15 is 0 Å². The molecule has 6 heterocycles. The molecule has 6 aliphatic rings. The van der Waals surface area contributed by atoms with Crippen LogP contribution in [0.2, 0.25) is 10.0 Å². The number of para-hydroxylation sites is 2. The molecule has 4 fully saturated rings. The standard InChI is InChI=1S/C40H34Cl2N6O4/c41-25-13-5-1-9-21(25)17-29-35(51)47-31(33(49)43-29)19-39(23-11-3-7-15-27(23)45-37(39)47)40-20-32-34(50)44-30(18-22-10-2-6-14-26(22)42)36(52)48(32)38(40)46-28-16-8-4-12-24(28)40/h1-16,29-32,37-38,45-46H,17-20H2,(H,43,49)(H,44,50)/t29-,30-,31-,32-,37+,38+,39-,40-/m0/s1. The lowest BCUT2D eigenvalue weighted by Gasteiger charge is -2.48. The second kappa shape index (κ2) is 11.2. The van der Waals surface area contributed by atoms with E-state index in [2.05, 4.69) is 33.4 Å². The fraction of sp³-hybridized carbons (Fsp3) is 0.300. The Bertz CT molecular complexity index is 2080. The molecule has 0 aliphatic carbocycles. The monoisotopic (exact) mass is 732 g/mol. The van der Waals surface area contributed by atoms with Gasteiger partial charge in [0.15, 0.2) is 0 Å². The van der Waals surface area contributed by atoms with Crippen LogP contribution in [-0.4, -0.2) is 69.9 Å². The van der Waals surface area contributed by atoms with Crippen molar-refractivity contribution in [2.45, 2.75) is 73.0 Å². The number of nitrogens with zero attached hydrogens (tertiary/aromatic N) is 2. The van der Waals surface area contributed by atoms with E-state index in [1.165, 1.54) is 0 Å². The van der Waals surface area contributed by atoms with Gasteiger partial charge in [-0.05, 0) is 59.4 Å². The van der Waals surface area contributed by atoms with Crippen LogP contribution < -0.4 is 21.3 Å². The first-order valence-corrected chi connectivity index (χ1v) is 18.4. The summed E-state index contributed by atoms with van der Waals surface area (Å²) in [6.45, 7) is 0. The van der Waals surface area contributed by atoms with Gasteiger partial charge in [-0.25, -0.2) is 0 Å². The smallest absolute Gasteiger partial charge is 0.247 e. The Hall–Kier alpha value is -5.06. The Morgan fingerprint density at radius 2 is 0.923 bits per heavy atom. The summed E-state index contributed by atoms with van der Waals surface area (Å²) < 4.78 is 0. The molecule has 8 atom stereocenters. The first-order chi connectivity index (χ1) is 25.2. The lowest BCUT2D eigenvalue weighted by atomic mass is 9.54. The molecule has 10 rings (SSSR count). The van der Waals surface area contributed by atoms with Crippen molar-refractivity contribution < 1.29 is 19.2 Å². The second-order valence-electron chi connectivity index (χ2n) is 14.8. The highest BCUT2D eigenvalue weighted by atomic mass is 35.5. The quantitative estimate of drug-likeness (QED) is 0.242. The van der Waals surface area contributed by atoms with Gasteiger partial charge in [0.2, 0.25) is 23.6 Å². The van der Waals surface area contributed by atoms with E-state index in [-0.39, 0.29) is 36.5 Å². The van der Waals surface area contributed by atoms with E-state index in [4.69, 9.17) is 23.2 Å². The highest BCUT2D eigenvalue weighted by Gasteiger charge is 2.78. The maximum atomic E-state index is 14.7. The van der Waals surface area contributed by atoms with Crippen molar-refractivity contribution in [1.29, 1.82) is 0 Å². The zero-order chi connectivity index (χ0) is 35.5. The van der Waals surface area contributed by atoms with Gasteiger partial charge in [-0.15, -0.1) is 0 Å². The van der Waals surface area contributed by atoms with E-state index in [0.717, 1.165) is 33.6 Å². The minimum absolute atomic E-state index is 0.201. The van der Waals surface area contributed by atoms with Crippen molar-refractivity contribution in [3.05, 3.63) is 129 Å². The molecular formula is C40H34Cl2N6O4. The molecule has 0 unspecified atom stereocenters. The molecule has 12 heteroatoms. The molecule has 6 aliphatic heterocycles. The van der Waals surface area contributed by atoms with Gasteiger partial charge in [-0.1, -0.05) is 96.0 Å². The molecule has 4 aromatic carbocycles. The number of nitrogens with one attached hydrogen (secondary N) is 4. The van der Waals surface area contributed by atoms with Crippen LogP contribution in [0.1, 0.15) is 35.1 Å². The van der Waals surface area contributed by atoms with Gasteiger partial charge < -0.3 is 31.1 Å². The molecular weight excluding hydrogens is 699 g/mol. The van der Waals surface area contributed by atoms with Crippen LogP contribution in [0, 0.1) is 0 Å². The zero-order valence-electron chi connectivity index (χ0n) is 27.8. The summed E-state index contributed by atoms with van der Waals surface area (Å²) in [4.78, 5) is 61.4. The lowest BCUT2D eigenvalue weighted by Crippen LogP contribution is -2.67. The van der Waals surface area contributed by atoms with Crippen molar-refractivity contribution >= 4 is 58.2 Å². The number of rotatable bonds is 5. The largest absolute Gasteiger partial charge is 0.364 e. The van der Waals surface area contributed by atoms with Crippen molar-refractivity contribution in [2.75, 3.05) is 10.6 Å². The first-order valence-electron chi connectivity index (χ1n) is 17.7. The maximum absolute atomic E-state index is 14.7. The van der Waals surface area contributed by atoms with Gasteiger partial charge in [0, 0.05) is 34.3 Å². The highest BCUT2D eigenvalue weighted by molar-refractivity contribution is 6.31. The number of carbonyl (C=O) groups excluding carboxylic acids is 4. The normalized spacial score (nSPS) is 32.1. The third-order valence-corrected chi connectivity index (χ3v) is 13.2. The molecule has 262 valence electrons. The Morgan fingerprint density at radius 3 is 1.35 bits per heavy atom. The molecule has 4 aromatic rings. The van der Waals surface area contributed by atoms with E-state index in [1.807, 2.05) is 72.8 Å². The first kappa shape index (κ1) is 31.7. The van der Waals surface area contributed by atoms with Crippen molar-refractivity contribution in [2.24, 2.45) is 0 Å². The van der Waals surface area contributed by atoms with Crippen molar-refractivity contribution in [3.8, 4) is 0 Å². The second-order valence-corrected chi connectivity index (χ2v) is 15.6. The summed E-state index contributed by atoms with van der Waals surface area (Å²) in [5.41, 5.74) is 3.35. The van der Waals surface area contributed by atoms with Crippen LogP contribution >= 0.6 is 23.2 Å². The van der Waals surface area contributed by atoms with Gasteiger partial charge in [-0.3, -0.25) is 19.2 Å². The van der Waals surface area contributed by atoms with Gasteiger partial charge in [0.05, 0.1) is 10.8 Å². The van der Waals surface area contributed by atoms with Crippen molar-refractivity contribution in [1.82, 2.24) is 20.4 Å². The van der Waals surface area contributed by atoms with Gasteiger partial charge >= 0.3 is 0 Å². The molecule has 52 heavy (non-hydrogen) atoms. The number of amides is 4. The molecule has 4 N–H and O–H groups in total. The Kier molecular flexibility index (Phi) is 6.83. The third kappa shape index (κ3) is 4.07. The minimum Gasteiger partial charge on any atom is -0.364 e. The van der Waals surface area contributed by atoms with Crippen LogP contribution in [0.5, 0.6) is 0 Å². The summed E-state index contributed by atoms with van der Waals surface area (Å²) in [5.74, 6) is -0.871. The molecule has 0 saturated carbocycles. The highest BCUT2D eigenvalue weighted by Crippen LogP contribution is 2.68. The average molecular weight is 734 g/mol. The number of halogens is 2. The van der Waals surface area contributed by atoms with Crippen LogP contribution in [0.25, 0.3) is 0 Å². The Morgan fingerprint density at radius 1 is 0.538 bits per heavy atom. The van der Waals surface area contributed by atoms with Crippen LogP contribution in [0.3, 0.4) is 0 Å². The van der Waals surface area contributed by atoms with Gasteiger partial charge in [-0.2, -0.15) is 0 Å². The number of anilines is 2. The van der Waals surface area contributed by atoms with E-state index in [1.54, 1.807) is 21.9 Å². The van der Waals surface area contributed by atoms with E-state index in [9.17, 15) is 19.2 Å². The molecule has 4 saturated heterocycles. The lowest BCUT2D eigenvalue weighted by molar-refractivity contribution is -0.149. The maximum Gasteiger partial charge on any atom is 0.247 e.